The van der Waals surface area contributed by atoms with E-state index in [4.69, 9.17) is 19.6 Å². The van der Waals surface area contributed by atoms with E-state index in [1.54, 1.807) is 0 Å². The number of rotatable bonds is 0. The van der Waals surface area contributed by atoms with Crippen LogP contribution in [0.1, 0.15) is 0 Å². The molecule has 8 heavy (non-hydrogen) atoms. The third-order valence-electron chi connectivity index (χ3n) is 0. The van der Waals surface area contributed by atoms with Gasteiger partial charge in [0.05, 0.1) is 0 Å². The van der Waals surface area contributed by atoms with Gasteiger partial charge in [-0.15, -0.1) is 0 Å². The molecule has 0 fully saturated rings. The minimum absolute atomic E-state index is 0. The van der Waals surface area contributed by atoms with Crippen molar-refractivity contribution in [3.05, 3.63) is 0 Å². The monoisotopic (exact) mass is 425 g/mol. The predicted molar refractivity (Wildman–Crippen MR) is 26.2 cm³/mol. The molecule has 0 aromatic rings. The molecule has 0 aliphatic carbocycles. The van der Waals surface area contributed by atoms with Crippen molar-refractivity contribution in [2.24, 2.45) is 0 Å². The van der Waals surface area contributed by atoms with Gasteiger partial charge in [-0.1, -0.05) is 0 Å². The molecule has 0 aliphatic heterocycles. The van der Waals surface area contributed by atoms with Crippen LogP contribution in [-0.2, 0) is 26.9 Å². The SMILES string of the molecule is N#[C][BiH].O=[PH](O)O.[Ag]. The van der Waals surface area contributed by atoms with Gasteiger partial charge in [0.1, 0.15) is 0 Å². The summed E-state index contributed by atoms with van der Waals surface area (Å²) in [5, 5.41) is 7.38. The average Bonchev–Trinajstić information content (AvgIpc) is 1.33. The molecule has 7 heteroatoms. The topological polar surface area (TPSA) is 81.3 Å². The van der Waals surface area contributed by atoms with Gasteiger partial charge < -0.3 is 9.79 Å². The molecule has 0 heterocycles. The van der Waals surface area contributed by atoms with E-state index in [-0.39, 0.29) is 22.4 Å². The summed E-state index contributed by atoms with van der Waals surface area (Å²) in [6.07, 6.45) is 0. The van der Waals surface area contributed by atoms with Crippen molar-refractivity contribution in [1.82, 2.24) is 0 Å². The van der Waals surface area contributed by atoms with Crippen molar-refractivity contribution in [2.75, 3.05) is 0 Å². The summed E-state index contributed by atoms with van der Waals surface area (Å²) in [7, 11) is -3.13. The third-order valence-corrected chi connectivity index (χ3v) is 0. The van der Waals surface area contributed by atoms with Crippen LogP contribution in [0.4, 0.5) is 0 Å². The fourth-order valence-electron chi connectivity index (χ4n) is 0. The zero-order chi connectivity index (χ0) is 6.28. The molecule has 52 valence electrons. The molecule has 0 saturated heterocycles. The fourth-order valence-corrected chi connectivity index (χ4v) is 0. The van der Waals surface area contributed by atoms with Gasteiger partial charge in [0.15, 0.2) is 0 Å². The van der Waals surface area contributed by atoms with E-state index < -0.39 is 8.25 Å². The van der Waals surface area contributed by atoms with Crippen LogP contribution in [0.2, 0.25) is 0 Å². The molecule has 0 aromatic heterocycles. The normalized spacial score (nSPS) is 5.38. The summed E-state index contributed by atoms with van der Waals surface area (Å²) >= 11 is 0.674. The number of nitriles is 1. The van der Waals surface area contributed by atoms with Crippen molar-refractivity contribution in [2.45, 2.75) is 0 Å². The summed E-state index contributed by atoms with van der Waals surface area (Å²) in [5.41, 5.74) is 0. The van der Waals surface area contributed by atoms with Gasteiger partial charge in [0, 0.05) is 22.4 Å². The second kappa shape index (κ2) is 15.7. The summed E-state index contributed by atoms with van der Waals surface area (Å²) in [6, 6.07) is 0. The second-order valence-corrected chi connectivity index (χ2v) is 1.83. The average molecular weight is 426 g/mol. The predicted octanol–water partition coefficient (Wildman–Crippen LogP) is -1.27. The number of hydrogen-bond donors (Lipinski definition) is 2. The van der Waals surface area contributed by atoms with Gasteiger partial charge >= 0.3 is 42.0 Å². The van der Waals surface area contributed by atoms with Crippen molar-refractivity contribution < 1.29 is 36.7 Å². The zero-order valence-corrected chi connectivity index (χ0v) is 9.92. The second-order valence-electron chi connectivity index (χ2n) is 0.394. The van der Waals surface area contributed by atoms with E-state index in [0.29, 0.717) is 24.7 Å². The molecule has 0 aromatic carbocycles. The van der Waals surface area contributed by atoms with Crippen LogP contribution in [-0.4, -0.2) is 34.5 Å². The molecular formula is CH4AgBiNO3P. The Morgan fingerprint density at radius 1 is 1.62 bits per heavy atom. The van der Waals surface area contributed by atoms with Gasteiger partial charge in [-0.05, 0) is 0 Å². The molecule has 0 aliphatic rings. The van der Waals surface area contributed by atoms with E-state index in [0.717, 1.165) is 0 Å². The molecule has 0 saturated carbocycles. The Kier molecular flexibility index (Phi) is 31.7. The minimum Gasteiger partial charge on any atom is -0.326 e. The van der Waals surface area contributed by atoms with E-state index in [1.807, 2.05) is 3.78 Å². The maximum atomic E-state index is 8.74. The van der Waals surface area contributed by atoms with Crippen molar-refractivity contribution >= 4 is 33.0 Å². The first kappa shape index (κ1) is 16.1. The van der Waals surface area contributed by atoms with Crippen LogP contribution in [0.3, 0.4) is 0 Å². The minimum atomic E-state index is -3.13. The third kappa shape index (κ3) is 179. The Morgan fingerprint density at radius 2 is 1.62 bits per heavy atom. The van der Waals surface area contributed by atoms with E-state index in [9.17, 15) is 0 Å². The van der Waals surface area contributed by atoms with Crippen molar-refractivity contribution in [3.63, 3.8) is 0 Å². The van der Waals surface area contributed by atoms with Gasteiger partial charge in [-0.3, -0.25) is 4.57 Å². The van der Waals surface area contributed by atoms with Gasteiger partial charge in [-0.2, -0.15) is 0 Å². The molecule has 0 atom stereocenters. The molecule has 0 unspecified atom stereocenters. The number of nitrogens with zero attached hydrogens (tertiary/aromatic N) is 1. The Hall–Kier alpha value is 1.26. The van der Waals surface area contributed by atoms with Crippen molar-refractivity contribution in [1.29, 1.82) is 5.26 Å². The summed E-state index contributed by atoms with van der Waals surface area (Å²) < 4.78 is 10.6. The molecule has 0 bridgehead atoms. The fraction of sp³-hybridized carbons (Fsp3) is 0. The quantitative estimate of drug-likeness (QED) is 0.374. The van der Waals surface area contributed by atoms with Crippen LogP contribution in [0.15, 0.2) is 0 Å². The zero-order valence-electron chi connectivity index (χ0n) is 3.55. The summed E-state index contributed by atoms with van der Waals surface area (Å²) in [4.78, 5) is 14.3. The Bertz CT molecular complexity index is 87.8. The van der Waals surface area contributed by atoms with Crippen LogP contribution in [0, 0.1) is 9.04 Å². The first-order chi connectivity index (χ1) is 3.15. The molecular weight excluding hydrogens is 422 g/mol. The largest absolute Gasteiger partial charge is 0.326 e. The maximum Gasteiger partial charge on any atom is 0.314 e. The van der Waals surface area contributed by atoms with Crippen LogP contribution in [0.5, 0.6) is 0 Å². The molecule has 0 rings (SSSR count). The van der Waals surface area contributed by atoms with Gasteiger partial charge in [0.2, 0.25) is 0 Å². The van der Waals surface area contributed by atoms with Crippen LogP contribution >= 0.6 is 8.25 Å². The molecule has 4 nitrogen and oxygen atoms in total. The first-order valence-corrected chi connectivity index (χ1v) is 4.37. The van der Waals surface area contributed by atoms with Crippen LogP contribution in [0.25, 0.3) is 0 Å². The first-order valence-electron chi connectivity index (χ1n) is 1.12. The number of hydrogen-bond acceptors (Lipinski definition) is 2. The Balaban J connectivity index is -0.0000000575. The Morgan fingerprint density at radius 3 is 1.62 bits per heavy atom. The van der Waals surface area contributed by atoms with Crippen molar-refractivity contribution in [3.8, 4) is 3.78 Å². The molecule has 2 radical (unpaired) electrons. The van der Waals surface area contributed by atoms with E-state index >= 15 is 0 Å². The molecule has 0 spiro atoms. The Labute approximate surface area is 78.2 Å². The smallest absolute Gasteiger partial charge is 0.314 e. The molecule has 2 N–H and O–H groups in total. The maximum absolute atomic E-state index is 8.74. The van der Waals surface area contributed by atoms with Gasteiger partial charge in [-0.25, -0.2) is 0 Å². The standard InChI is InChI=1S/CN.Ag.Bi.H3O3P.H/c1-2;;;1-4(2)3;/h;;;4H,(H2,1,2,3);. The molecule has 0 amide bonds. The van der Waals surface area contributed by atoms with E-state index in [1.165, 1.54) is 0 Å². The van der Waals surface area contributed by atoms with Crippen LogP contribution < -0.4 is 0 Å². The van der Waals surface area contributed by atoms with Gasteiger partial charge in [0.25, 0.3) is 0 Å². The summed E-state index contributed by atoms with van der Waals surface area (Å²) in [5.74, 6) is 0. The van der Waals surface area contributed by atoms with E-state index in [2.05, 4.69) is 0 Å². The summed E-state index contributed by atoms with van der Waals surface area (Å²) in [6.45, 7) is 0.